The van der Waals surface area contributed by atoms with Crippen molar-refractivity contribution in [1.82, 2.24) is 9.78 Å². The summed E-state index contributed by atoms with van der Waals surface area (Å²) in [6.07, 6.45) is 3.94. The van der Waals surface area contributed by atoms with Gasteiger partial charge in [-0.25, -0.2) is 0 Å². The van der Waals surface area contributed by atoms with Crippen LogP contribution in [0, 0.1) is 11.3 Å². The van der Waals surface area contributed by atoms with E-state index in [1.807, 2.05) is 35.1 Å². The normalized spacial score (nSPS) is 15.9. The lowest BCUT2D eigenvalue weighted by Crippen LogP contribution is -2.35. The molecule has 0 spiro atoms. The zero-order valence-electron chi connectivity index (χ0n) is 11.5. The number of benzene rings is 1. The Morgan fingerprint density at radius 1 is 1.29 bits per heavy atom. The largest absolute Gasteiger partial charge is 0.382 e. The molecule has 0 unspecified atom stereocenters. The maximum atomic E-state index is 9.33. The van der Waals surface area contributed by atoms with Gasteiger partial charge in [-0.2, -0.15) is 10.4 Å². The molecule has 1 aliphatic rings. The van der Waals surface area contributed by atoms with E-state index in [0.717, 1.165) is 36.1 Å². The highest BCUT2D eigenvalue weighted by Crippen LogP contribution is 2.31. The fourth-order valence-corrected chi connectivity index (χ4v) is 3.26. The number of halogens is 1. The van der Waals surface area contributed by atoms with Crippen molar-refractivity contribution in [1.29, 1.82) is 5.26 Å². The first-order valence-corrected chi connectivity index (χ1v) is 7.72. The lowest BCUT2D eigenvalue weighted by Gasteiger charge is -2.34. The first-order valence-electron chi connectivity index (χ1n) is 6.93. The van der Waals surface area contributed by atoms with E-state index in [4.69, 9.17) is 5.73 Å². The van der Waals surface area contributed by atoms with Crippen LogP contribution in [0.3, 0.4) is 0 Å². The van der Waals surface area contributed by atoms with E-state index in [1.54, 1.807) is 0 Å². The van der Waals surface area contributed by atoms with Crippen LogP contribution in [0.5, 0.6) is 0 Å². The molecule has 1 aromatic heterocycles. The molecular weight excluding hydrogens is 330 g/mol. The molecule has 2 N–H and O–H groups in total. The molecule has 1 saturated heterocycles. The number of anilines is 2. The number of nitriles is 1. The predicted molar refractivity (Wildman–Crippen MR) is 86.0 cm³/mol. The van der Waals surface area contributed by atoms with E-state index in [0.29, 0.717) is 17.4 Å². The fraction of sp³-hybridized carbons (Fsp3) is 0.333. The third-order valence-corrected chi connectivity index (χ3v) is 4.57. The van der Waals surface area contributed by atoms with E-state index in [2.05, 4.69) is 32.0 Å². The highest BCUT2D eigenvalue weighted by Gasteiger charge is 2.23. The summed E-state index contributed by atoms with van der Waals surface area (Å²) < 4.78 is 2.81. The SMILES string of the molecule is N#Cc1c(Br)cccc1N1CCC(n2ccc(N)n2)CC1. The third kappa shape index (κ3) is 2.74. The maximum Gasteiger partial charge on any atom is 0.145 e. The third-order valence-electron chi connectivity index (χ3n) is 3.91. The molecule has 0 atom stereocenters. The topological polar surface area (TPSA) is 70.9 Å². The van der Waals surface area contributed by atoms with Crippen LogP contribution < -0.4 is 10.6 Å². The molecule has 1 aliphatic heterocycles. The summed E-state index contributed by atoms with van der Waals surface area (Å²) in [5.41, 5.74) is 7.39. The van der Waals surface area contributed by atoms with Crippen LogP contribution in [0.15, 0.2) is 34.9 Å². The number of aromatic nitrogens is 2. The summed E-state index contributed by atoms with van der Waals surface area (Å²) in [6, 6.07) is 10.4. The molecule has 0 bridgehead atoms. The zero-order valence-corrected chi connectivity index (χ0v) is 13.1. The number of nitrogens with zero attached hydrogens (tertiary/aromatic N) is 4. The molecule has 2 aromatic rings. The van der Waals surface area contributed by atoms with Crippen LogP contribution in [0.1, 0.15) is 24.4 Å². The van der Waals surface area contributed by atoms with Gasteiger partial charge in [0.25, 0.3) is 0 Å². The molecule has 0 amide bonds. The molecule has 1 fully saturated rings. The minimum absolute atomic E-state index is 0.385. The smallest absolute Gasteiger partial charge is 0.145 e. The summed E-state index contributed by atoms with van der Waals surface area (Å²) >= 11 is 3.45. The molecule has 3 rings (SSSR count). The van der Waals surface area contributed by atoms with Gasteiger partial charge >= 0.3 is 0 Å². The fourth-order valence-electron chi connectivity index (χ4n) is 2.81. The van der Waals surface area contributed by atoms with Crippen LogP contribution in [0.25, 0.3) is 0 Å². The lowest BCUT2D eigenvalue weighted by atomic mass is 10.0. The van der Waals surface area contributed by atoms with E-state index < -0.39 is 0 Å². The molecule has 6 heteroatoms. The maximum absolute atomic E-state index is 9.33. The van der Waals surface area contributed by atoms with Crippen molar-refractivity contribution in [3.63, 3.8) is 0 Å². The minimum atomic E-state index is 0.385. The Kier molecular flexibility index (Phi) is 3.84. The predicted octanol–water partition coefficient (Wildman–Crippen LogP) is 2.94. The van der Waals surface area contributed by atoms with Crippen LogP contribution in [0.2, 0.25) is 0 Å². The van der Waals surface area contributed by atoms with Gasteiger partial charge in [0.05, 0.1) is 17.3 Å². The van der Waals surface area contributed by atoms with Crippen molar-refractivity contribution in [2.75, 3.05) is 23.7 Å². The molecular formula is C15H16BrN5. The van der Waals surface area contributed by atoms with E-state index in [9.17, 15) is 5.26 Å². The number of hydrogen-bond donors (Lipinski definition) is 1. The van der Waals surface area contributed by atoms with Crippen LogP contribution in [0.4, 0.5) is 11.5 Å². The van der Waals surface area contributed by atoms with Crippen molar-refractivity contribution in [2.24, 2.45) is 0 Å². The average molecular weight is 346 g/mol. The quantitative estimate of drug-likeness (QED) is 0.908. The zero-order chi connectivity index (χ0) is 14.8. The molecule has 21 heavy (non-hydrogen) atoms. The Balaban J connectivity index is 1.75. The van der Waals surface area contributed by atoms with Gasteiger partial charge in [-0.15, -0.1) is 0 Å². The second-order valence-electron chi connectivity index (χ2n) is 5.18. The van der Waals surface area contributed by atoms with Gasteiger partial charge in [0.15, 0.2) is 0 Å². The van der Waals surface area contributed by atoms with Crippen molar-refractivity contribution >= 4 is 27.4 Å². The van der Waals surface area contributed by atoms with E-state index >= 15 is 0 Å². The highest BCUT2D eigenvalue weighted by molar-refractivity contribution is 9.10. The Morgan fingerprint density at radius 2 is 2.05 bits per heavy atom. The first kappa shape index (κ1) is 14.0. The molecule has 5 nitrogen and oxygen atoms in total. The Labute approximate surface area is 132 Å². The number of nitrogen functional groups attached to an aromatic ring is 1. The van der Waals surface area contributed by atoms with E-state index in [-0.39, 0.29) is 0 Å². The van der Waals surface area contributed by atoms with Gasteiger partial charge in [0.2, 0.25) is 0 Å². The number of hydrogen-bond acceptors (Lipinski definition) is 4. The molecule has 0 saturated carbocycles. The Hall–Kier alpha value is -2.00. The number of nitrogens with two attached hydrogens (primary N) is 1. The standard InChI is InChI=1S/C15H16BrN5/c16-13-2-1-3-14(12(13)10-17)20-7-4-11(5-8-20)21-9-6-15(18)19-21/h1-3,6,9,11H,4-5,7-8H2,(H2,18,19). The summed E-state index contributed by atoms with van der Waals surface area (Å²) in [6.45, 7) is 1.82. The first-order chi connectivity index (χ1) is 10.2. The molecule has 1 aromatic carbocycles. The van der Waals surface area contributed by atoms with Gasteiger partial charge in [0.1, 0.15) is 11.9 Å². The molecule has 0 aliphatic carbocycles. The Morgan fingerprint density at radius 3 is 2.67 bits per heavy atom. The van der Waals surface area contributed by atoms with Crippen LogP contribution in [-0.4, -0.2) is 22.9 Å². The van der Waals surface area contributed by atoms with Crippen molar-refractivity contribution < 1.29 is 0 Å². The molecule has 108 valence electrons. The highest BCUT2D eigenvalue weighted by atomic mass is 79.9. The average Bonchev–Trinajstić information content (AvgIpc) is 2.94. The molecule has 2 heterocycles. The van der Waals surface area contributed by atoms with Gasteiger partial charge in [-0.05, 0) is 47.0 Å². The van der Waals surface area contributed by atoms with Gasteiger partial charge in [-0.1, -0.05) is 6.07 Å². The van der Waals surface area contributed by atoms with Crippen molar-refractivity contribution in [2.45, 2.75) is 18.9 Å². The van der Waals surface area contributed by atoms with Gasteiger partial charge < -0.3 is 10.6 Å². The molecule has 0 radical (unpaired) electrons. The van der Waals surface area contributed by atoms with Gasteiger partial charge in [0, 0.05) is 23.8 Å². The summed E-state index contributed by atoms with van der Waals surface area (Å²) in [7, 11) is 0. The van der Waals surface area contributed by atoms with Crippen molar-refractivity contribution in [3.05, 3.63) is 40.5 Å². The lowest BCUT2D eigenvalue weighted by molar-refractivity contribution is 0.367. The van der Waals surface area contributed by atoms with Crippen molar-refractivity contribution in [3.8, 4) is 6.07 Å². The minimum Gasteiger partial charge on any atom is -0.382 e. The number of piperidine rings is 1. The second-order valence-corrected chi connectivity index (χ2v) is 6.04. The number of rotatable bonds is 2. The Bertz CT molecular complexity index is 680. The summed E-state index contributed by atoms with van der Waals surface area (Å²) in [5, 5.41) is 13.6. The van der Waals surface area contributed by atoms with Crippen LogP contribution in [-0.2, 0) is 0 Å². The van der Waals surface area contributed by atoms with Gasteiger partial charge in [-0.3, -0.25) is 4.68 Å². The van der Waals surface area contributed by atoms with E-state index in [1.165, 1.54) is 0 Å². The second kappa shape index (κ2) is 5.78. The summed E-state index contributed by atoms with van der Waals surface area (Å²) in [5.74, 6) is 0.566. The van der Waals surface area contributed by atoms with Crippen LogP contribution >= 0.6 is 15.9 Å². The summed E-state index contributed by atoms with van der Waals surface area (Å²) in [4.78, 5) is 2.27. The monoisotopic (exact) mass is 345 g/mol.